The number of hydrogen-bond donors (Lipinski definition) is 0. The molecule has 2 heterocycles. The zero-order valence-corrected chi connectivity index (χ0v) is 18.3. The molecule has 0 saturated carbocycles. The van der Waals surface area contributed by atoms with Gasteiger partial charge >= 0.3 is 0 Å². The van der Waals surface area contributed by atoms with Gasteiger partial charge in [-0.1, -0.05) is 78.3 Å². The lowest BCUT2D eigenvalue weighted by atomic mass is 9.99. The van der Waals surface area contributed by atoms with Gasteiger partial charge in [0.25, 0.3) is 0 Å². The van der Waals surface area contributed by atoms with Crippen LogP contribution in [0.3, 0.4) is 0 Å². The molecule has 2 nitrogen and oxygen atoms in total. The Morgan fingerprint density at radius 2 is 0.970 bits per heavy atom. The molecule has 0 aliphatic carbocycles. The summed E-state index contributed by atoms with van der Waals surface area (Å²) in [5.74, 6) is 0. The number of fused-ring (bicyclic) bond motifs is 6. The molecule has 3 heteroatoms. The molecule has 7 aromatic rings. The molecule has 5 aromatic carbocycles. The Balaban J connectivity index is 1.29. The van der Waals surface area contributed by atoms with Crippen molar-refractivity contribution in [2.75, 3.05) is 0 Å². The van der Waals surface area contributed by atoms with E-state index in [9.17, 15) is 0 Å². The van der Waals surface area contributed by atoms with Crippen LogP contribution >= 0.6 is 11.6 Å². The van der Waals surface area contributed by atoms with Gasteiger partial charge in [-0.15, -0.1) is 0 Å². The Labute approximate surface area is 194 Å². The molecule has 0 unspecified atom stereocenters. The number of benzene rings is 5. The third kappa shape index (κ3) is 2.88. The first-order valence-electron chi connectivity index (χ1n) is 10.9. The van der Waals surface area contributed by atoms with Crippen LogP contribution in [0.4, 0.5) is 0 Å². The maximum absolute atomic E-state index is 6.68. The second-order valence-electron chi connectivity index (χ2n) is 8.32. The minimum atomic E-state index is 0.701. The van der Waals surface area contributed by atoms with Gasteiger partial charge in [0.05, 0.1) is 5.02 Å². The van der Waals surface area contributed by atoms with E-state index in [1.165, 1.54) is 0 Å². The van der Waals surface area contributed by atoms with Crippen LogP contribution in [-0.4, -0.2) is 0 Å². The molecular formula is C30H17ClO2. The fraction of sp³-hybridized carbons (Fsp3) is 0. The third-order valence-electron chi connectivity index (χ3n) is 6.36. The van der Waals surface area contributed by atoms with Gasteiger partial charge in [0.1, 0.15) is 22.3 Å². The van der Waals surface area contributed by atoms with E-state index in [0.29, 0.717) is 5.02 Å². The second-order valence-corrected chi connectivity index (χ2v) is 8.72. The van der Waals surface area contributed by atoms with Crippen LogP contribution in [-0.2, 0) is 0 Å². The van der Waals surface area contributed by atoms with Gasteiger partial charge < -0.3 is 8.83 Å². The lowest BCUT2D eigenvalue weighted by Crippen LogP contribution is -1.82. The smallest absolute Gasteiger partial charge is 0.137 e. The molecule has 2 aromatic heterocycles. The van der Waals surface area contributed by atoms with Crippen LogP contribution in [0.25, 0.3) is 66.1 Å². The minimum Gasteiger partial charge on any atom is -0.456 e. The zero-order valence-electron chi connectivity index (χ0n) is 17.5. The van der Waals surface area contributed by atoms with Crippen LogP contribution in [0.2, 0.25) is 5.02 Å². The highest BCUT2D eigenvalue weighted by Crippen LogP contribution is 2.38. The summed E-state index contributed by atoms with van der Waals surface area (Å²) in [5.41, 5.74) is 7.85. The van der Waals surface area contributed by atoms with Gasteiger partial charge in [-0.05, 0) is 58.7 Å². The molecule has 0 radical (unpaired) electrons. The highest BCUT2D eigenvalue weighted by atomic mass is 35.5. The Morgan fingerprint density at radius 3 is 1.76 bits per heavy atom. The van der Waals surface area contributed by atoms with Crippen molar-refractivity contribution in [1.82, 2.24) is 0 Å². The molecular weight excluding hydrogens is 428 g/mol. The number of rotatable bonds is 2. The molecule has 0 spiro atoms. The molecule has 156 valence electrons. The first-order chi connectivity index (χ1) is 16.2. The van der Waals surface area contributed by atoms with E-state index in [1.54, 1.807) is 0 Å². The van der Waals surface area contributed by atoms with Gasteiger partial charge in [0.2, 0.25) is 0 Å². The molecule has 0 atom stereocenters. The Morgan fingerprint density at radius 1 is 0.424 bits per heavy atom. The molecule has 0 bridgehead atoms. The maximum atomic E-state index is 6.68. The summed E-state index contributed by atoms with van der Waals surface area (Å²) >= 11 is 6.68. The Bertz CT molecular complexity index is 1820. The van der Waals surface area contributed by atoms with Gasteiger partial charge in [-0.3, -0.25) is 0 Å². The standard InChI is InChI=1S/C30H17ClO2/c31-25-15-21(17-29-30(25)24-6-2-4-8-27(24)33-29)19-11-9-18(10-12-19)20-13-14-23-22-5-1-3-7-26(22)32-28(23)16-20/h1-17H. The van der Waals surface area contributed by atoms with Crippen molar-refractivity contribution in [2.45, 2.75) is 0 Å². The highest BCUT2D eigenvalue weighted by Gasteiger charge is 2.13. The summed E-state index contributed by atoms with van der Waals surface area (Å²) in [6, 6.07) is 35.1. The summed E-state index contributed by atoms with van der Waals surface area (Å²) in [5, 5.41) is 4.99. The lowest BCUT2D eigenvalue weighted by molar-refractivity contribution is 0.668. The highest BCUT2D eigenvalue weighted by molar-refractivity contribution is 6.38. The number of hydrogen-bond acceptors (Lipinski definition) is 2. The van der Waals surface area contributed by atoms with E-state index in [-0.39, 0.29) is 0 Å². The monoisotopic (exact) mass is 444 g/mol. The summed E-state index contributed by atoms with van der Waals surface area (Å²) in [6.07, 6.45) is 0. The zero-order chi connectivity index (χ0) is 21.9. The maximum Gasteiger partial charge on any atom is 0.137 e. The second kappa shape index (κ2) is 6.99. The Hall–Kier alpha value is -4.01. The fourth-order valence-corrected chi connectivity index (χ4v) is 5.04. The topological polar surface area (TPSA) is 26.3 Å². The van der Waals surface area contributed by atoms with E-state index in [2.05, 4.69) is 54.6 Å². The third-order valence-corrected chi connectivity index (χ3v) is 6.66. The van der Waals surface area contributed by atoms with Gasteiger partial charge in [0.15, 0.2) is 0 Å². The van der Waals surface area contributed by atoms with Gasteiger partial charge in [-0.2, -0.15) is 0 Å². The van der Waals surface area contributed by atoms with E-state index in [0.717, 1.165) is 66.1 Å². The van der Waals surface area contributed by atoms with Crippen molar-refractivity contribution in [3.05, 3.63) is 108 Å². The van der Waals surface area contributed by atoms with Crippen molar-refractivity contribution >= 4 is 55.5 Å². The summed E-state index contributed by atoms with van der Waals surface area (Å²) < 4.78 is 12.1. The summed E-state index contributed by atoms with van der Waals surface area (Å²) in [6.45, 7) is 0. The first-order valence-corrected chi connectivity index (χ1v) is 11.3. The minimum absolute atomic E-state index is 0.701. The van der Waals surface area contributed by atoms with Crippen LogP contribution in [0, 0.1) is 0 Å². The first kappa shape index (κ1) is 18.6. The number of halogens is 1. The predicted molar refractivity (Wildman–Crippen MR) is 137 cm³/mol. The molecule has 0 aliphatic rings. The molecule has 0 amide bonds. The lowest BCUT2D eigenvalue weighted by Gasteiger charge is -2.06. The van der Waals surface area contributed by atoms with Gasteiger partial charge in [0, 0.05) is 21.5 Å². The van der Waals surface area contributed by atoms with Crippen molar-refractivity contribution in [2.24, 2.45) is 0 Å². The van der Waals surface area contributed by atoms with Crippen molar-refractivity contribution in [3.63, 3.8) is 0 Å². The van der Waals surface area contributed by atoms with Crippen molar-refractivity contribution in [3.8, 4) is 22.3 Å². The fourth-order valence-electron chi connectivity index (χ4n) is 4.73. The van der Waals surface area contributed by atoms with E-state index in [1.807, 2.05) is 48.5 Å². The summed E-state index contributed by atoms with van der Waals surface area (Å²) in [4.78, 5) is 0. The molecule has 0 aliphatic heterocycles. The molecule has 0 saturated heterocycles. The molecule has 7 rings (SSSR count). The summed E-state index contributed by atoms with van der Waals surface area (Å²) in [7, 11) is 0. The predicted octanol–water partition coefficient (Wildman–Crippen LogP) is 9.47. The SMILES string of the molecule is Clc1cc(-c2ccc(-c3ccc4c(c3)oc3ccccc34)cc2)cc2oc3ccccc3c12. The van der Waals surface area contributed by atoms with Gasteiger partial charge in [-0.25, -0.2) is 0 Å². The average Bonchev–Trinajstić information content (AvgIpc) is 3.42. The Kier molecular flexibility index (Phi) is 3.93. The van der Waals surface area contributed by atoms with E-state index >= 15 is 0 Å². The number of para-hydroxylation sites is 2. The molecule has 0 fully saturated rings. The molecule has 0 N–H and O–H groups in total. The van der Waals surface area contributed by atoms with Crippen molar-refractivity contribution < 1.29 is 8.83 Å². The largest absolute Gasteiger partial charge is 0.456 e. The van der Waals surface area contributed by atoms with Crippen molar-refractivity contribution in [1.29, 1.82) is 0 Å². The van der Waals surface area contributed by atoms with Crippen LogP contribution in [0.1, 0.15) is 0 Å². The molecule has 33 heavy (non-hydrogen) atoms. The average molecular weight is 445 g/mol. The quantitative estimate of drug-likeness (QED) is 0.265. The van der Waals surface area contributed by atoms with Crippen LogP contribution < -0.4 is 0 Å². The van der Waals surface area contributed by atoms with Crippen LogP contribution in [0.5, 0.6) is 0 Å². The normalized spacial score (nSPS) is 11.8. The van der Waals surface area contributed by atoms with E-state index in [4.69, 9.17) is 20.4 Å². The van der Waals surface area contributed by atoms with E-state index < -0.39 is 0 Å². The van der Waals surface area contributed by atoms with Crippen LogP contribution in [0.15, 0.2) is 112 Å². The number of furan rings is 2.